The Hall–Kier alpha value is -3.70. The Kier molecular flexibility index (Phi) is 6.47. The van der Waals surface area contributed by atoms with E-state index < -0.39 is 5.97 Å². The maximum atomic E-state index is 12.4. The zero-order valence-electron chi connectivity index (χ0n) is 17.2. The van der Waals surface area contributed by atoms with E-state index in [9.17, 15) is 9.59 Å². The number of halogens is 1. The van der Waals surface area contributed by atoms with Gasteiger partial charge in [0.05, 0.1) is 10.0 Å². The lowest BCUT2D eigenvalue weighted by Gasteiger charge is -2.09. The Labute approximate surface area is 194 Å². The number of rotatable bonds is 5. The minimum Gasteiger partial charge on any atom is -0.427 e. The number of fused-ring (bicyclic) bond motifs is 1. The maximum Gasteiger partial charge on any atom is 0.343 e. The Morgan fingerprint density at radius 1 is 0.781 bits per heavy atom. The Morgan fingerprint density at radius 2 is 1.47 bits per heavy atom. The molecule has 0 radical (unpaired) electrons. The predicted octanol–water partition coefficient (Wildman–Crippen LogP) is 6.92. The summed E-state index contributed by atoms with van der Waals surface area (Å²) in [6.07, 6.45) is 4.00. The van der Waals surface area contributed by atoms with Gasteiger partial charge in [-0.25, -0.2) is 4.79 Å². The van der Waals surface area contributed by atoms with Gasteiger partial charge in [0.25, 0.3) is 0 Å². The summed E-state index contributed by atoms with van der Waals surface area (Å²) in [6, 6.07) is 26.0. The number of esters is 2. The molecule has 5 heteroatoms. The molecule has 0 aliphatic heterocycles. The number of carbonyl (C=O) groups is 2. The molecule has 4 aromatic rings. The third kappa shape index (κ3) is 5.13. The second-order valence-electron chi connectivity index (χ2n) is 7.11. The van der Waals surface area contributed by atoms with E-state index in [1.165, 1.54) is 6.92 Å². The fraction of sp³-hybridized carbons (Fsp3) is 0.0370. The van der Waals surface area contributed by atoms with E-state index in [-0.39, 0.29) is 5.97 Å². The van der Waals surface area contributed by atoms with Crippen molar-refractivity contribution in [3.8, 4) is 11.5 Å². The molecule has 0 heterocycles. The maximum absolute atomic E-state index is 12.4. The third-order valence-corrected chi connectivity index (χ3v) is 5.58. The van der Waals surface area contributed by atoms with Gasteiger partial charge < -0.3 is 9.47 Å². The van der Waals surface area contributed by atoms with E-state index in [0.717, 1.165) is 26.4 Å². The third-order valence-electron chi connectivity index (χ3n) is 4.76. The molecule has 0 spiro atoms. The average molecular weight is 487 g/mol. The van der Waals surface area contributed by atoms with Crippen LogP contribution in [0.15, 0.2) is 89.4 Å². The van der Waals surface area contributed by atoms with Crippen LogP contribution in [0.25, 0.3) is 22.9 Å². The molecule has 0 N–H and O–H groups in total. The number of hydrogen-bond donors (Lipinski definition) is 0. The molecule has 0 amide bonds. The first-order chi connectivity index (χ1) is 15.5. The van der Waals surface area contributed by atoms with Crippen molar-refractivity contribution >= 4 is 50.8 Å². The predicted molar refractivity (Wildman–Crippen MR) is 130 cm³/mol. The fourth-order valence-corrected chi connectivity index (χ4v) is 3.79. The zero-order valence-corrected chi connectivity index (χ0v) is 18.8. The monoisotopic (exact) mass is 486 g/mol. The molecule has 32 heavy (non-hydrogen) atoms. The molecule has 0 unspecified atom stereocenters. The van der Waals surface area contributed by atoms with Crippen LogP contribution in [0.1, 0.15) is 28.4 Å². The lowest BCUT2D eigenvalue weighted by atomic mass is 10.1. The van der Waals surface area contributed by atoms with Gasteiger partial charge >= 0.3 is 11.9 Å². The molecule has 0 aliphatic carbocycles. The zero-order chi connectivity index (χ0) is 22.5. The largest absolute Gasteiger partial charge is 0.427 e. The van der Waals surface area contributed by atoms with Gasteiger partial charge in [-0.05, 0) is 74.2 Å². The molecule has 0 aliphatic rings. The summed E-state index contributed by atoms with van der Waals surface area (Å²) in [5.41, 5.74) is 2.52. The van der Waals surface area contributed by atoms with Crippen LogP contribution >= 0.6 is 15.9 Å². The molecule has 0 aromatic heterocycles. The molecule has 4 nitrogen and oxygen atoms in total. The number of hydrogen-bond acceptors (Lipinski definition) is 4. The van der Waals surface area contributed by atoms with Crippen molar-refractivity contribution in [2.75, 3.05) is 0 Å². The van der Waals surface area contributed by atoms with E-state index in [0.29, 0.717) is 17.1 Å². The van der Waals surface area contributed by atoms with E-state index in [4.69, 9.17) is 9.47 Å². The highest BCUT2D eigenvalue weighted by atomic mass is 79.9. The van der Waals surface area contributed by atoms with E-state index in [2.05, 4.69) is 22.0 Å². The van der Waals surface area contributed by atoms with Crippen LogP contribution in [-0.4, -0.2) is 11.9 Å². The number of benzene rings is 4. The van der Waals surface area contributed by atoms with Gasteiger partial charge in [0.1, 0.15) is 11.5 Å². The van der Waals surface area contributed by atoms with Crippen molar-refractivity contribution in [2.45, 2.75) is 6.92 Å². The second kappa shape index (κ2) is 9.62. The highest BCUT2D eigenvalue weighted by molar-refractivity contribution is 9.10. The van der Waals surface area contributed by atoms with Crippen molar-refractivity contribution in [1.82, 2.24) is 0 Å². The van der Waals surface area contributed by atoms with E-state index in [1.807, 2.05) is 48.6 Å². The molecule has 4 rings (SSSR count). The second-order valence-corrected chi connectivity index (χ2v) is 7.90. The normalized spacial score (nSPS) is 10.9. The van der Waals surface area contributed by atoms with Crippen LogP contribution in [0.5, 0.6) is 11.5 Å². The first kappa shape index (κ1) is 21.5. The minimum atomic E-state index is -0.398. The summed E-state index contributed by atoms with van der Waals surface area (Å²) in [4.78, 5) is 23.4. The molecule has 0 atom stereocenters. The standard InChI is InChI=1S/C27H19BrO4/c1-18(29)31-23-13-9-19(10-14-23)7-8-20-11-15-24-22(17-20)12-16-25(26(24)28)32-27(30)21-5-3-2-4-6-21/h2-17H,1H3/b8-7+. The van der Waals surface area contributed by atoms with Gasteiger partial charge in [0.15, 0.2) is 0 Å². The van der Waals surface area contributed by atoms with Crippen molar-refractivity contribution in [3.05, 3.63) is 106 Å². The summed E-state index contributed by atoms with van der Waals surface area (Å²) in [7, 11) is 0. The first-order valence-electron chi connectivity index (χ1n) is 9.96. The molecular weight excluding hydrogens is 468 g/mol. The lowest BCUT2D eigenvalue weighted by molar-refractivity contribution is -0.131. The number of carbonyl (C=O) groups excluding carboxylic acids is 2. The first-order valence-corrected chi connectivity index (χ1v) is 10.7. The van der Waals surface area contributed by atoms with Gasteiger partial charge in [-0.1, -0.05) is 60.7 Å². The summed E-state index contributed by atoms with van der Waals surface area (Å²) in [6.45, 7) is 1.38. The van der Waals surface area contributed by atoms with E-state index >= 15 is 0 Å². The lowest BCUT2D eigenvalue weighted by Crippen LogP contribution is -2.08. The van der Waals surface area contributed by atoms with Gasteiger partial charge in [-0.2, -0.15) is 0 Å². The minimum absolute atomic E-state index is 0.339. The van der Waals surface area contributed by atoms with Crippen LogP contribution in [0.3, 0.4) is 0 Å². The average Bonchev–Trinajstić information content (AvgIpc) is 2.80. The summed E-state index contributed by atoms with van der Waals surface area (Å²) < 4.78 is 11.4. The molecule has 0 fully saturated rings. The quantitative estimate of drug-likeness (QED) is 0.174. The SMILES string of the molecule is CC(=O)Oc1ccc(/C=C/c2ccc3c(Br)c(OC(=O)c4ccccc4)ccc3c2)cc1. The Morgan fingerprint density at radius 3 is 2.19 bits per heavy atom. The van der Waals surface area contributed by atoms with Crippen LogP contribution in [-0.2, 0) is 4.79 Å². The van der Waals surface area contributed by atoms with Crippen molar-refractivity contribution < 1.29 is 19.1 Å². The van der Waals surface area contributed by atoms with Gasteiger partial charge in [-0.15, -0.1) is 0 Å². The summed E-state index contributed by atoms with van der Waals surface area (Å²) in [5, 5.41) is 1.97. The van der Waals surface area contributed by atoms with Crippen LogP contribution in [0.4, 0.5) is 0 Å². The van der Waals surface area contributed by atoms with Gasteiger partial charge in [-0.3, -0.25) is 4.79 Å². The van der Waals surface area contributed by atoms with Crippen molar-refractivity contribution in [1.29, 1.82) is 0 Å². The number of ether oxygens (including phenoxy) is 2. The van der Waals surface area contributed by atoms with Crippen molar-refractivity contribution in [2.24, 2.45) is 0 Å². The molecule has 4 aromatic carbocycles. The smallest absolute Gasteiger partial charge is 0.343 e. The molecular formula is C27H19BrO4. The van der Waals surface area contributed by atoms with Crippen LogP contribution in [0, 0.1) is 0 Å². The van der Waals surface area contributed by atoms with Crippen LogP contribution in [0.2, 0.25) is 0 Å². The summed E-state index contributed by atoms with van der Waals surface area (Å²) >= 11 is 3.58. The molecule has 0 bridgehead atoms. The fourth-order valence-electron chi connectivity index (χ4n) is 3.21. The molecule has 158 valence electrons. The van der Waals surface area contributed by atoms with Crippen LogP contribution < -0.4 is 9.47 Å². The Bertz CT molecular complexity index is 1310. The van der Waals surface area contributed by atoms with E-state index in [1.54, 1.807) is 42.5 Å². The molecule has 0 saturated heterocycles. The summed E-state index contributed by atoms with van der Waals surface area (Å²) in [5.74, 6) is 0.259. The van der Waals surface area contributed by atoms with Gasteiger partial charge in [0.2, 0.25) is 0 Å². The van der Waals surface area contributed by atoms with Gasteiger partial charge in [0, 0.05) is 6.92 Å². The molecule has 0 saturated carbocycles. The Balaban J connectivity index is 1.52. The topological polar surface area (TPSA) is 52.6 Å². The van der Waals surface area contributed by atoms with Crippen molar-refractivity contribution in [3.63, 3.8) is 0 Å². The highest BCUT2D eigenvalue weighted by Crippen LogP contribution is 2.34. The highest BCUT2D eigenvalue weighted by Gasteiger charge is 2.12.